The molecule has 27 heavy (non-hydrogen) atoms. The zero-order valence-electron chi connectivity index (χ0n) is 17.2. The minimum absolute atomic E-state index is 0.0399. The number of hydrogen-bond acceptors (Lipinski definition) is 4. The molecular formula is C23H32O4. The quantitative estimate of drug-likeness (QED) is 0.542. The van der Waals surface area contributed by atoms with Gasteiger partial charge in [-0.1, -0.05) is 27.2 Å². The highest BCUT2D eigenvalue weighted by molar-refractivity contribution is 5.99. The summed E-state index contributed by atoms with van der Waals surface area (Å²) in [7, 11) is 3.18. The van der Waals surface area contributed by atoms with Crippen LogP contribution in [0.5, 0.6) is 11.5 Å². The molecule has 0 amide bonds. The van der Waals surface area contributed by atoms with E-state index in [0.29, 0.717) is 29.4 Å². The maximum absolute atomic E-state index is 13.6. The lowest BCUT2D eigenvalue weighted by molar-refractivity contribution is -0.120. The average Bonchev–Trinajstić information content (AvgIpc) is 2.66. The molecule has 3 rings (SSSR count). The third-order valence-corrected chi connectivity index (χ3v) is 7.29. The number of ketones is 1. The van der Waals surface area contributed by atoms with Crippen LogP contribution in [-0.4, -0.2) is 26.3 Å². The van der Waals surface area contributed by atoms with E-state index in [1.54, 1.807) is 32.4 Å². The van der Waals surface area contributed by atoms with Crippen LogP contribution in [-0.2, 0) is 4.79 Å². The summed E-state index contributed by atoms with van der Waals surface area (Å²) < 4.78 is 10.7. The molecular weight excluding hydrogens is 340 g/mol. The maximum Gasteiger partial charge on any atom is 0.166 e. The summed E-state index contributed by atoms with van der Waals surface area (Å²) in [4.78, 5) is 25.3. The van der Waals surface area contributed by atoms with E-state index in [1.165, 1.54) is 0 Å². The fourth-order valence-corrected chi connectivity index (χ4v) is 5.81. The van der Waals surface area contributed by atoms with Crippen LogP contribution in [0, 0.1) is 28.6 Å². The Morgan fingerprint density at radius 1 is 1.04 bits per heavy atom. The number of benzene rings is 1. The molecule has 0 radical (unpaired) electrons. The van der Waals surface area contributed by atoms with Crippen LogP contribution in [0.25, 0.3) is 0 Å². The summed E-state index contributed by atoms with van der Waals surface area (Å²) in [6.07, 6.45) is 5.95. The van der Waals surface area contributed by atoms with Gasteiger partial charge in [0, 0.05) is 23.5 Å². The van der Waals surface area contributed by atoms with Gasteiger partial charge in [-0.15, -0.1) is 0 Å². The lowest BCUT2D eigenvalue weighted by Crippen LogP contribution is -2.53. The predicted octanol–water partition coefficient (Wildman–Crippen LogP) is 4.94. The first kappa shape index (κ1) is 19.9. The zero-order valence-corrected chi connectivity index (χ0v) is 17.2. The number of ether oxygens (including phenoxy) is 2. The van der Waals surface area contributed by atoms with Crippen LogP contribution in [0.4, 0.5) is 0 Å². The summed E-state index contributed by atoms with van der Waals surface area (Å²) >= 11 is 0. The van der Waals surface area contributed by atoms with Gasteiger partial charge in [0.05, 0.1) is 14.2 Å². The van der Waals surface area contributed by atoms with Crippen molar-refractivity contribution in [1.29, 1.82) is 0 Å². The molecule has 0 spiro atoms. The van der Waals surface area contributed by atoms with Crippen LogP contribution in [0.3, 0.4) is 0 Å². The molecule has 0 heterocycles. The van der Waals surface area contributed by atoms with Crippen molar-refractivity contribution in [2.45, 2.75) is 52.9 Å². The molecule has 2 aliphatic rings. The summed E-state index contributed by atoms with van der Waals surface area (Å²) in [5, 5.41) is 0. The van der Waals surface area contributed by atoms with E-state index in [0.717, 1.165) is 32.0 Å². The van der Waals surface area contributed by atoms with E-state index in [4.69, 9.17) is 9.47 Å². The molecule has 4 nitrogen and oxygen atoms in total. The van der Waals surface area contributed by atoms with Gasteiger partial charge in [-0.2, -0.15) is 0 Å². The van der Waals surface area contributed by atoms with Crippen molar-refractivity contribution in [3.63, 3.8) is 0 Å². The highest BCUT2D eigenvalue weighted by atomic mass is 16.5. The van der Waals surface area contributed by atoms with Crippen LogP contribution < -0.4 is 9.47 Å². The zero-order chi connectivity index (χ0) is 19.8. The molecule has 1 aromatic carbocycles. The Morgan fingerprint density at radius 2 is 1.67 bits per heavy atom. The van der Waals surface area contributed by atoms with Gasteiger partial charge in [0.1, 0.15) is 17.8 Å². The van der Waals surface area contributed by atoms with E-state index in [1.807, 2.05) is 0 Å². The molecule has 2 fully saturated rings. The van der Waals surface area contributed by atoms with Crippen LogP contribution in [0.15, 0.2) is 18.2 Å². The fraction of sp³-hybridized carbons (Fsp3) is 0.652. The highest BCUT2D eigenvalue weighted by Crippen LogP contribution is 2.61. The Balaban J connectivity index is 2.02. The van der Waals surface area contributed by atoms with Gasteiger partial charge in [-0.3, -0.25) is 4.79 Å². The second kappa shape index (κ2) is 7.29. The van der Waals surface area contributed by atoms with Gasteiger partial charge in [0.25, 0.3) is 0 Å². The van der Waals surface area contributed by atoms with Crippen LogP contribution >= 0.6 is 0 Å². The van der Waals surface area contributed by atoms with Gasteiger partial charge < -0.3 is 14.3 Å². The van der Waals surface area contributed by atoms with Crippen molar-refractivity contribution >= 4 is 12.1 Å². The SMILES string of the molecule is COc1cc(OC)cc(C(=O)[C@H]2CC(C=O)CC3C(C)(C)CCC[C@@]32C)c1. The fourth-order valence-electron chi connectivity index (χ4n) is 5.81. The van der Waals surface area contributed by atoms with Crippen LogP contribution in [0.2, 0.25) is 0 Å². The normalized spacial score (nSPS) is 32.3. The number of carbonyl (C=O) groups excluding carboxylic acids is 2. The molecule has 0 aliphatic heterocycles. The molecule has 4 atom stereocenters. The molecule has 148 valence electrons. The molecule has 1 aromatic rings. The molecule has 2 saturated carbocycles. The molecule has 4 heteroatoms. The van der Waals surface area contributed by atoms with Gasteiger partial charge in [-0.05, 0) is 54.6 Å². The first-order valence-electron chi connectivity index (χ1n) is 9.97. The largest absolute Gasteiger partial charge is 0.497 e. The standard InChI is InChI=1S/C23H32O4/c1-22(2)7-6-8-23(3)19(9-15(14-24)10-20(22)23)21(25)16-11-17(26-4)13-18(12-16)27-5/h11-15,19-20H,6-10H2,1-5H3/t15?,19-,20?,23-/m1/s1. The molecule has 0 saturated heterocycles. The van der Waals surface area contributed by atoms with E-state index in [9.17, 15) is 9.59 Å². The Morgan fingerprint density at radius 3 is 2.22 bits per heavy atom. The second-order valence-corrected chi connectivity index (χ2v) is 9.29. The number of rotatable bonds is 5. The number of methoxy groups -OCH3 is 2. The van der Waals surface area contributed by atoms with Crippen molar-refractivity contribution < 1.29 is 19.1 Å². The van der Waals surface area contributed by atoms with Gasteiger partial charge >= 0.3 is 0 Å². The van der Waals surface area contributed by atoms with E-state index >= 15 is 0 Å². The van der Waals surface area contributed by atoms with Crippen LogP contribution in [0.1, 0.15) is 63.2 Å². The summed E-state index contributed by atoms with van der Waals surface area (Å²) in [6.45, 7) is 6.89. The monoisotopic (exact) mass is 372 g/mol. The smallest absolute Gasteiger partial charge is 0.166 e. The van der Waals surface area contributed by atoms with Crippen molar-refractivity contribution in [1.82, 2.24) is 0 Å². The van der Waals surface area contributed by atoms with Crippen molar-refractivity contribution in [2.75, 3.05) is 14.2 Å². The number of fused-ring (bicyclic) bond motifs is 1. The topological polar surface area (TPSA) is 52.6 Å². The number of Topliss-reactive ketones (excluding diaryl/α,β-unsaturated/α-hetero) is 1. The predicted molar refractivity (Wildman–Crippen MR) is 105 cm³/mol. The Hall–Kier alpha value is -1.84. The van der Waals surface area contributed by atoms with Gasteiger partial charge in [0.2, 0.25) is 0 Å². The Kier molecular flexibility index (Phi) is 5.38. The third kappa shape index (κ3) is 3.51. The minimum Gasteiger partial charge on any atom is -0.497 e. The second-order valence-electron chi connectivity index (χ2n) is 9.29. The molecule has 0 bridgehead atoms. The summed E-state index contributed by atoms with van der Waals surface area (Å²) in [5.41, 5.74) is 0.694. The first-order valence-corrected chi connectivity index (χ1v) is 9.97. The van der Waals surface area contributed by atoms with E-state index < -0.39 is 0 Å². The van der Waals surface area contributed by atoms with Crippen molar-refractivity contribution in [3.05, 3.63) is 23.8 Å². The number of hydrogen-bond donors (Lipinski definition) is 0. The third-order valence-electron chi connectivity index (χ3n) is 7.29. The number of aldehydes is 1. The lowest BCUT2D eigenvalue weighted by atomic mass is 9.46. The number of carbonyl (C=O) groups is 2. The highest BCUT2D eigenvalue weighted by Gasteiger charge is 2.55. The minimum atomic E-state index is -0.150. The average molecular weight is 373 g/mol. The molecule has 0 N–H and O–H groups in total. The molecule has 2 unspecified atom stereocenters. The maximum atomic E-state index is 13.6. The lowest BCUT2D eigenvalue weighted by Gasteiger charge is -2.57. The Bertz CT molecular complexity index is 701. The van der Waals surface area contributed by atoms with Gasteiger partial charge in [-0.25, -0.2) is 0 Å². The Labute approximate surface area is 162 Å². The summed E-state index contributed by atoms with van der Waals surface area (Å²) in [5.74, 6) is 1.54. The van der Waals surface area contributed by atoms with Crippen molar-refractivity contribution in [2.24, 2.45) is 28.6 Å². The van der Waals surface area contributed by atoms with E-state index in [-0.39, 0.29) is 28.4 Å². The molecule has 2 aliphatic carbocycles. The van der Waals surface area contributed by atoms with E-state index in [2.05, 4.69) is 20.8 Å². The molecule has 0 aromatic heterocycles. The van der Waals surface area contributed by atoms with Crippen molar-refractivity contribution in [3.8, 4) is 11.5 Å². The van der Waals surface area contributed by atoms with Gasteiger partial charge in [0.15, 0.2) is 5.78 Å². The first-order chi connectivity index (χ1) is 12.7. The summed E-state index contributed by atoms with van der Waals surface area (Å²) in [6, 6.07) is 5.36.